The molecule has 0 fully saturated rings. The van der Waals surface area contributed by atoms with Crippen molar-refractivity contribution in [1.82, 2.24) is 10.2 Å². The number of nitriles is 1. The number of amides is 2. The molecule has 1 aliphatic rings. The first-order chi connectivity index (χ1) is 29.9. The standard InChI is InChI=1S/C48H64N6O7S/c1-5-6-7-8-24-62-36-13-14-37(31(2)25-36)42(56)30-35(17-19-50)48(59)54(4)46-34-12-16-45(61-23-21-52)39(29-34)38-27-33(11-15-44(38)60-22-20-51)28-40(41(55)10-9-18-49)53-47(58)32(3)26-43(46)57/h11-16,25,27,29,32,35,40,46H,5-10,17,19-24,26,28,30,50-52H2,1-4H3,(H,53,58)/t32-,35-,40+,46+/m1/s1. The highest BCUT2D eigenvalue weighted by atomic mass is 32.2. The summed E-state index contributed by atoms with van der Waals surface area (Å²) >= 11 is 1.77. The molecule has 0 spiro atoms. The molecule has 1 heterocycles. The van der Waals surface area contributed by atoms with Crippen LogP contribution < -0.4 is 32.0 Å². The highest BCUT2D eigenvalue weighted by molar-refractivity contribution is 7.99. The Hall–Kier alpha value is -5.07. The SMILES string of the molecule is CCCCCCSc1ccc(C(=O)C[C@@H](CCN)C(=O)N(C)[C@@H]2C(=O)C[C@@H](C)C(=O)N[C@H](C(=O)CCC#N)Cc3ccc(OCCN)c(c3)-c3cc2ccc3OCCN)c(C)c1. The van der Waals surface area contributed by atoms with Gasteiger partial charge in [-0.2, -0.15) is 5.26 Å². The van der Waals surface area contributed by atoms with Crippen molar-refractivity contribution in [3.8, 4) is 28.7 Å². The summed E-state index contributed by atoms with van der Waals surface area (Å²) in [6.45, 7) is 6.64. The number of nitrogens with one attached hydrogen (secondary N) is 1. The maximum atomic E-state index is 14.7. The third-order valence-corrected chi connectivity index (χ3v) is 12.2. The predicted octanol–water partition coefficient (Wildman–Crippen LogP) is 6.26. The van der Waals surface area contributed by atoms with Crippen LogP contribution in [0.15, 0.2) is 59.5 Å². The molecule has 0 unspecified atom stereocenters. The number of hydrogen-bond acceptors (Lipinski definition) is 12. The minimum Gasteiger partial charge on any atom is -0.492 e. The third kappa shape index (κ3) is 13.7. The Kier molecular flexibility index (Phi) is 20.1. The highest BCUT2D eigenvalue weighted by Gasteiger charge is 2.36. The summed E-state index contributed by atoms with van der Waals surface area (Å²) in [4.78, 5) is 72.9. The van der Waals surface area contributed by atoms with Gasteiger partial charge in [0.1, 0.15) is 30.8 Å². The van der Waals surface area contributed by atoms with Gasteiger partial charge in [-0.3, -0.25) is 24.0 Å². The van der Waals surface area contributed by atoms with E-state index in [1.54, 1.807) is 49.0 Å². The van der Waals surface area contributed by atoms with E-state index >= 15 is 0 Å². The molecule has 0 saturated carbocycles. The Morgan fingerprint density at radius 2 is 1.61 bits per heavy atom. The van der Waals surface area contributed by atoms with Gasteiger partial charge in [-0.25, -0.2) is 0 Å². The average Bonchev–Trinajstić information content (AvgIpc) is 3.26. The van der Waals surface area contributed by atoms with Crippen LogP contribution >= 0.6 is 11.8 Å². The van der Waals surface area contributed by atoms with E-state index in [0.717, 1.165) is 22.6 Å². The topological polar surface area (TPSA) is 221 Å². The lowest BCUT2D eigenvalue weighted by molar-refractivity contribution is -0.142. The van der Waals surface area contributed by atoms with Crippen LogP contribution in [0.1, 0.15) is 105 Å². The Labute approximate surface area is 370 Å². The Morgan fingerprint density at radius 3 is 2.26 bits per heavy atom. The zero-order valence-electron chi connectivity index (χ0n) is 36.7. The lowest BCUT2D eigenvalue weighted by Crippen LogP contribution is -2.46. The number of nitrogens with two attached hydrogens (primary N) is 3. The van der Waals surface area contributed by atoms with Gasteiger partial charge < -0.3 is 36.9 Å². The van der Waals surface area contributed by atoms with Gasteiger partial charge in [0, 0.05) is 79.2 Å². The molecule has 4 rings (SSSR count). The number of carbonyl (C=O) groups excluding carboxylic acids is 5. The van der Waals surface area contributed by atoms with Crippen LogP contribution in [0.2, 0.25) is 0 Å². The Bertz CT molecular complexity index is 2070. The molecule has 3 aromatic rings. The zero-order valence-corrected chi connectivity index (χ0v) is 37.5. The van der Waals surface area contributed by atoms with E-state index in [9.17, 15) is 29.2 Å². The van der Waals surface area contributed by atoms with Crippen LogP contribution in [-0.4, -0.2) is 85.8 Å². The molecule has 2 amide bonds. The number of unbranched alkanes of at least 4 members (excludes halogenated alkanes) is 3. The molecule has 4 bridgehead atoms. The van der Waals surface area contributed by atoms with Gasteiger partial charge in [0.25, 0.3) is 0 Å². The summed E-state index contributed by atoms with van der Waals surface area (Å²) in [5, 5.41) is 12.1. The average molecular weight is 869 g/mol. The molecular weight excluding hydrogens is 805 g/mol. The highest BCUT2D eigenvalue weighted by Crippen LogP contribution is 2.41. The number of rotatable bonds is 22. The molecule has 62 heavy (non-hydrogen) atoms. The number of fused-ring (bicyclic) bond motifs is 5. The summed E-state index contributed by atoms with van der Waals surface area (Å²) in [6, 6.07) is 16.2. The molecule has 0 aromatic heterocycles. The summed E-state index contributed by atoms with van der Waals surface area (Å²) in [5.41, 5.74) is 21.3. The van der Waals surface area contributed by atoms with E-state index in [1.165, 1.54) is 31.2 Å². The van der Waals surface area contributed by atoms with Crippen molar-refractivity contribution >= 4 is 40.9 Å². The zero-order chi connectivity index (χ0) is 45.2. The second-order valence-electron chi connectivity index (χ2n) is 16.0. The summed E-state index contributed by atoms with van der Waals surface area (Å²) in [5.74, 6) is -1.76. The van der Waals surface area contributed by atoms with Crippen molar-refractivity contribution in [3.63, 3.8) is 0 Å². The minimum absolute atomic E-state index is 0.0198. The number of ketones is 3. The van der Waals surface area contributed by atoms with Gasteiger partial charge in [-0.1, -0.05) is 51.3 Å². The number of Topliss-reactive ketones (excluding diaryl/α,β-unsaturated/α-hetero) is 3. The van der Waals surface area contributed by atoms with Crippen LogP contribution in [0, 0.1) is 30.1 Å². The molecule has 0 saturated heterocycles. The fourth-order valence-corrected chi connectivity index (χ4v) is 8.74. The van der Waals surface area contributed by atoms with Crippen LogP contribution in [0.25, 0.3) is 11.1 Å². The molecule has 7 N–H and O–H groups in total. The number of nitrogens with zero attached hydrogens (tertiary/aromatic N) is 2. The van der Waals surface area contributed by atoms with Crippen molar-refractivity contribution in [2.24, 2.45) is 29.0 Å². The molecule has 0 radical (unpaired) electrons. The molecule has 1 aliphatic heterocycles. The van der Waals surface area contributed by atoms with Crippen molar-refractivity contribution in [3.05, 3.63) is 76.9 Å². The van der Waals surface area contributed by atoms with E-state index in [-0.39, 0.29) is 82.9 Å². The van der Waals surface area contributed by atoms with Gasteiger partial charge in [-0.05, 0) is 91.6 Å². The second kappa shape index (κ2) is 25.1. The number of likely N-dealkylation sites (N-methyl/N-ethyl adjacent to an activating group) is 1. The van der Waals surface area contributed by atoms with E-state index < -0.39 is 41.5 Å². The monoisotopic (exact) mass is 868 g/mol. The fraction of sp³-hybridized carbons (Fsp3) is 0.500. The smallest absolute Gasteiger partial charge is 0.226 e. The van der Waals surface area contributed by atoms with E-state index in [2.05, 4.69) is 12.2 Å². The normalized spacial score (nSPS) is 17.0. The van der Waals surface area contributed by atoms with Crippen LogP contribution in [0.3, 0.4) is 0 Å². The summed E-state index contributed by atoms with van der Waals surface area (Å²) in [7, 11) is 1.53. The summed E-state index contributed by atoms with van der Waals surface area (Å²) in [6.07, 6.45) is 4.55. The molecule has 14 heteroatoms. The van der Waals surface area contributed by atoms with Crippen molar-refractivity contribution < 1.29 is 33.4 Å². The third-order valence-electron chi connectivity index (χ3n) is 11.1. The van der Waals surface area contributed by atoms with Gasteiger partial charge in [0.05, 0.1) is 12.1 Å². The van der Waals surface area contributed by atoms with Gasteiger partial charge in [0.15, 0.2) is 17.3 Å². The Morgan fingerprint density at radius 1 is 0.919 bits per heavy atom. The first kappa shape index (κ1) is 49.6. The van der Waals surface area contributed by atoms with Crippen molar-refractivity contribution in [2.45, 2.75) is 102 Å². The molecular formula is C48H64N6O7S. The predicted molar refractivity (Wildman–Crippen MR) is 243 cm³/mol. The van der Waals surface area contributed by atoms with Crippen molar-refractivity contribution in [2.75, 3.05) is 45.6 Å². The lowest BCUT2D eigenvalue weighted by Gasteiger charge is -2.32. The quantitative estimate of drug-likeness (QED) is 0.0500. The maximum absolute atomic E-state index is 14.7. The minimum atomic E-state index is -1.20. The lowest BCUT2D eigenvalue weighted by atomic mass is 9.88. The molecule has 3 aromatic carbocycles. The number of carbonyl (C=O) groups is 5. The van der Waals surface area contributed by atoms with Gasteiger partial charge in [0.2, 0.25) is 11.8 Å². The first-order valence-electron chi connectivity index (χ1n) is 21.8. The molecule has 334 valence electrons. The number of hydrogen-bond donors (Lipinski definition) is 4. The number of ether oxygens (including phenoxy) is 2. The van der Waals surface area contributed by atoms with E-state index in [4.69, 9.17) is 26.7 Å². The fourth-order valence-electron chi connectivity index (χ4n) is 7.73. The largest absolute Gasteiger partial charge is 0.492 e. The maximum Gasteiger partial charge on any atom is 0.226 e. The summed E-state index contributed by atoms with van der Waals surface area (Å²) < 4.78 is 12.2. The second-order valence-corrected chi connectivity index (χ2v) is 17.1. The van der Waals surface area contributed by atoms with E-state index in [1.807, 2.05) is 37.3 Å². The number of aryl methyl sites for hydroxylation is 1. The number of benzene rings is 3. The van der Waals surface area contributed by atoms with Crippen LogP contribution in [-0.2, 0) is 25.6 Å². The van der Waals surface area contributed by atoms with Gasteiger partial charge in [-0.15, -0.1) is 11.8 Å². The number of thioether (sulfide) groups is 1. The van der Waals surface area contributed by atoms with Crippen molar-refractivity contribution in [1.29, 1.82) is 5.26 Å². The van der Waals surface area contributed by atoms with E-state index in [0.29, 0.717) is 39.3 Å². The molecule has 13 nitrogen and oxygen atoms in total. The van der Waals surface area contributed by atoms with Gasteiger partial charge >= 0.3 is 0 Å². The molecule has 4 atom stereocenters. The first-order valence-corrected chi connectivity index (χ1v) is 22.7. The van der Waals surface area contributed by atoms with Crippen LogP contribution in [0.5, 0.6) is 11.5 Å². The Balaban J connectivity index is 1.78. The van der Waals surface area contributed by atoms with Crippen LogP contribution in [0.4, 0.5) is 0 Å². The molecule has 0 aliphatic carbocycles.